The van der Waals surface area contributed by atoms with E-state index in [1.54, 1.807) is 13.1 Å². The van der Waals surface area contributed by atoms with Crippen LogP contribution in [0.1, 0.15) is 45.6 Å². The van der Waals surface area contributed by atoms with Crippen LogP contribution in [0.25, 0.3) is 10.8 Å². The van der Waals surface area contributed by atoms with Crippen LogP contribution in [0.3, 0.4) is 0 Å². The summed E-state index contributed by atoms with van der Waals surface area (Å²) in [6.45, 7) is 5.49. The van der Waals surface area contributed by atoms with Crippen molar-refractivity contribution in [3.63, 3.8) is 0 Å². The highest BCUT2D eigenvalue weighted by Crippen LogP contribution is 2.34. The molecule has 0 unspecified atom stereocenters. The van der Waals surface area contributed by atoms with Crippen LogP contribution in [0.5, 0.6) is 0 Å². The Kier molecular flexibility index (Phi) is 12.1. The van der Waals surface area contributed by atoms with Gasteiger partial charge in [0.05, 0.1) is 23.9 Å². The zero-order valence-electron chi connectivity index (χ0n) is 26.6. The molecule has 0 bridgehead atoms. The molecule has 0 aliphatic carbocycles. The molecule has 4 rings (SSSR count). The number of hydrogen-bond donors (Lipinski definition) is 5. The van der Waals surface area contributed by atoms with E-state index < -0.39 is 36.2 Å². The van der Waals surface area contributed by atoms with Gasteiger partial charge in [-0.05, 0) is 42.7 Å². The summed E-state index contributed by atoms with van der Waals surface area (Å²) in [5.41, 5.74) is 8.17. The van der Waals surface area contributed by atoms with Crippen molar-refractivity contribution < 1.29 is 29.3 Å². The molecule has 0 saturated heterocycles. The van der Waals surface area contributed by atoms with Gasteiger partial charge in [0.2, 0.25) is 11.8 Å². The lowest BCUT2D eigenvalue weighted by molar-refractivity contribution is -0.129. The third kappa shape index (κ3) is 9.06. The largest absolute Gasteiger partial charge is 0.445 e. The summed E-state index contributed by atoms with van der Waals surface area (Å²) in [6.07, 6.45) is 0.431. The van der Waals surface area contributed by atoms with Crippen molar-refractivity contribution in [2.24, 2.45) is 11.7 Å². The lowest BCUT2D eigenvalue weighted by Crippen LogP contribution is -2.53. The first-order valence-corrected chi connectivity index (χ1v) is 15.7. The number of fused-ring (bicyclic) bond motifs is 1. The normalized spacial score (nSPS) is 15.7. The minimum Gasteiger partial charge on any atom is -0.445 e. The van der Waals surface area contributed by atoms with Gasteiger partial charge >= 0.3 is 6.09 Å². The van der Waals surface area contributed by atoms with Gasteiger partial charge in [0.1, 0.15) is 19.3 Å². The van der Waals surface area contributed by atoms with Crippen molar-refractivity contribution in [1.82, 2.24) is 15.5 Å². The van der Waals surface area contributed by atoms with Crippen LogP contribution in [0.2, 0.25) is 0 Å². The summed E-state index contributed by atoms with van der Waals surface area (Å²) in [4.78, 5) is 43.5. The first-order chi connectivity index (χ1) is 22.1. The summed E-state index contributed by atoms with van der Waals surface area (Å²) in [7, 11) is 0. The summed E-state index contributed by atoms with van der Waals surface area (Å²) >= 11 is 0. The molecule has 3 amide bonds. The molecule has 1 aliphatic rings. The van der Waals surface area contributed by atoms with Gasteiger partial charge in [0.15, 0.2) is 0 Å². The van der Waals surface area contributed by atoms with E-state index in [2.05, 4.69) is 10.6 Å². The number of aliphatic hydroxyl groups excluding tert-OH is 2. The Hall–Kier alpha value is -4.45. The third-order valence-corrected chi connectivity index (χ3v) is 7.85. The molecular weight excluding hydrogens is 586 g/mol. The number of nitrogens with two attached hydrogens (primary N) is 1. The van der Waals surface area contributed by atoms with Gasteiger partial charge < -0.3 is 36.2 Å². The molecule has 0 spiro atoms. The maximum atomic E-state index is 13.9. The second-order valence-electron chi connectivity index (χ2n) is 12.1. The number of rotatable bonds is 14. The molecule has 0 fully saturated rings. The highest BCUT2D eigenvalue weighted by Gasteiger charge is 2.34. The number of nitrogens with zero attached hydrogens (tertiary/aromatic N) is 2. The molecule has 0 aromatic heterocycles. The van der Waals surface area contributed by atoms with E-state index in [9.17, 15) is 24.6 Å². The number of anilines is 1. The Morgan fingerprint density at radius 2 is 1.65 bits per heavy atom. The van der Waals surface area contributed by atoms with Crippen LogP contribution in [-0.4, -0.2) is 70.5 Å². The number of carbonyl (C=O) groups excluding carboxylic acids is 3. The molecular formula is C35H45N5O6. The molecule has 46 heavy (non-hydrogen) atoms. The van der Waals surface area contributed by atoms with Crippen molar-refractivity contribution in [3.05, 3.63) is 90.3 Å². The number of nitrogens with one attached hydrogen (secondary N) is 2. The van der Waals surface area contributed by atoms with Crippen LogP contribution >= 0.6 is 0 Å². The second-order valence-corrected chi connectivity index (χ2v) is 12.1. The van der Waals surface area contributed by atoms with Crippen LogP contribution in [0.4, 0.5) is 10.5 Å². The number of amides is 3. The second kappa shape index (κ2) is 16.2. The van der Waals surface area contributed by atoms with Crippen molar-refractivity contribution in [2.45, 2.75) is 70.9 Å². The fourth-order valence-corrected chi connectivity index (χ4v) is 5.53. The number of benzene rings is 3. The SMILES string of the molecule is CC(C)C[C@H](NC(=O)[C@H](CC1=CN(C(=O)[C@H](C)N)CN1c1cccc2ccccc12)NC(=O)OCc1ccccc1)[C@@H](O)CCO. The molecule has 4 atom stereocenters. The molecule has 3 aromatic rings. The molecule has 11 nitrogen and oxygen atoms in total. The van der Waals surface area contributed by atoms with Crippen molar-refractivity contribution in [3.8, 4) is 0 Å². The molecule has 11 heteroatoms. The van der Waals surface area contributed by atoms with Gasteiger partial charge in [-0.25, -0.2) is 4.79 Å². The Morgan fingerprint density at radius 1 is 0.957 bits per heavy atom. The lowest BCUT2D eigenvalue weighted by atomic mass is 9.96. The molecule has 246 valence electrons. The van der Waals surface area contributed by atoms with Crippen LogP contribution in [0.15, 0.2) is 84.7 Å². The average Bonchev–Trinajstić information content (AvgIpc) is 3.46. The van der Waals surface area contributed by atoms with Crippen LogP contribution in [-0.2, 0) is 20.9 Å². The number of ether oxygens (including phenoxy) is 1. The predicted molar refractivity (Wildman–Crippen MR) is 177 cm³/mol. The Labute approximate surface area is 270 Å². The molecule has 0 radical (unpaired) electrons. The summed E-state index contributed by atoms with van der Waals surface area (Å²) in [5, 5.41) is 27.8. The fourth-order valence-electron chi connectivity index (χ4n) is 5.53. The highest BCUT2D eigenvalue weighted by molar-refractivity contribution is 5.96. The van der Waals surface area contributed by atoms with Gasteiger partial charge in [0.25, 0.3) is 0 Å². The number of hydrogen-bond acceptors (Lipinski definition) is 8. The smallest absolute Gasteiger partial charge is 0.408 e. The average molecular weight is 632 g/mol. The summed E-state index contributed by atoms with van der Waals surface area (Å²) in [6, 6.07) is 20.4. The van der Waals surface area contributed by atoms with Gasteiger partial charge in [-0.3, -0.25) is 14.5 Å². The van der Waals surface area contributed by atoms with E-state index in [1.807, 2.05) is 91.5 Å². The predicted octanol–water partition coefficient (Wildman–Crippen LogP) is 3.59. The van der Waals surface area contributed by atoms with Crippen molar-refractivity contribution >= 4 is 34.4 Å². The maximum Gasteiger partial charge on any atom is 0.408 e. The van der Waals surface area contributed by atoms with E-state index in [0.717, 1.165) is 22.0 Å². The van der Waals surface area contributed by atoms with Crippen LogP contribution in [0, 0.1) is 5.92 Å². The van der Waals surface area contributed by atoms with Gasteiger partial charge in [-0.1, -0.05) is 80.6 Å². The topological polar surface area (TPSA) is 157 Å². The van der Waals surface area contributed by atoms with Gasteiger partial charge in [0, 0.05) is 30.3 Å². The quantitative estimate of drug-likeness (QED) is 0.181. The Bertz CT molecular complexity index is 1510. The third-order valence-electron chi connectivity index (χ3n) is 7.85. The Balaban J connectivity index is 1.66. The monoisotopic (exact) mass is 631 g/mol. The lowest BCUT2D eigenvalue weighted by Gasteiger charge is -2.30. The number of alkyl carbamates (subject to hydrolysis) is 1. The first kappa shape index (κ1) is 34.4. The van der Waals surface area contributed by atoms with E-state index in [4.69, 9.17) is 10.5 Å². The zero-order valence-corrected chi connectivity index (χ0v) is 26.6. The van der Waals surface area contributed by atoms with Gasteiger partial charge in [-0.2, -0.15) is 0 Å². The molecule has 1 aliphatic heterocycles. The van der Waals surface area contributed by atoms with E-state index in [-0.39, 0.29) is 44.5 Å². The number of aliphatic hydroxyl groups is 2. The van der Waals surface area contributed by atoms with Crippen molar-refractivity contribution in [2.75, 3.05) is 18.2 Å². The Morgan fingerprint density at radius 3 is 2.35 bits per heavy atom. The van der Waals surface area contributed by atoms with Gasteiger partial charge in [-0.15, -0.1) is 0 Å². The molecule has 1 heterocycles. The summed E-state index contributed by atoms with van der Waals surface area (Å²) < 4.78 is 5.46. The maximum absolute atomic E-state index is 13.9. The minimum atomic E-state index is -1.13. The van der Waals surface area contributed by atoms with E-state index in [1.165, 1.54) is 4.90 Å². The minimum absolute atomic E-state index is 0.00270. The fraction of sp³-hybridized carbons (Fsp3) is 0.400. The number of carbonyl (C=O) groups is 3. The first-order valence-electron chi connectivity index (χ1n) is 15.7. The van der Waals surface area contributed by atoms with Crippen molar-refractivity contribution in [1.29, 1.82) is 0 Å². The standard InChI is InChI=1S/C35H45N5O6/c1-23(2)18-29(32(42)16-17-41)37-33(43)30(38-35(45)46-21-25-10-5-4-6-11-25)19-27-20-39(34(44)24(3)36)22-40(27)31-15-9-13-26-12-7-8-14-28(26)31/h4-15,20,23-24,29-30,32,41-42H,16-19,21-22,36H2,1-3H3,(H,37,43)(H,38,45)/t24-,29-,30-,32-/m0/s1. The van der Waals surface area contributed by atoms with E-state index in [0.29, 0.717) is 12.1 Å². The molecule has 3 aromatic carbocycles. The van der Waals surface area contributed by atoms with E-state index >= 15 is 0 Å². The molecule has 6 N–H and O–H groups in total. The molecule has 0 saturated carbocycles. The zero-order chi connectivity index (χ0) is 33.2. The highest BCUT2D eigenvalue weighted by atomic mass is 16.5. The van der Waals surface area contributed by atoms with Crippen LogP contribution < -0.4 is 21.3 Å². The summed E-state index contributed by atoms with van der Waals surface area (Å²) in [5.74, 6) is -0.686.